The van der Waals surface area contributed by atoms with Crippen molar-refractivity contribution < 1.29 is 4.79 Å². The summed E-state index contributed by atoms with van der Waals surface area (Å²) in [4.78, 5) is 37.3. The summed E-state index contributed by atoms with van der Waals surface area (Å²) in [6.07, 6.45) is 1.56. The average molecular weight is 347 g/mol. The Bertz CT molecular complexity index is 838. The molecule has 1 aliphatic heterocycles. The first-order valence-electron chi connectivity index (χ1n) is 8.38. The van der Waals surface area contributed by atoms with E-state index < -0.39 is 0 Å². The first kappa shape index (κ1) is 17.2. The van der Waals surface area contributed by atoms with Crippen LogP contribution in [0.2, 0.25) is 0 Å². The number of rotatable bonds is 1. The molecule has 2 aromatic heterocycles. The molecule has 0 saturated carbocycles. The van der Waals surface area contributed by atoms with Gasteiger partial charge in [-0.05, 0) is 20.8 Å². The van der Waals surface area contributed by atoms with Crippen LogP contribution in [-0.2, 0) is 5.54 Å². The summed E-state index contributed by atoms with van der Waals surface area (Å²) in [7, 11) is 3.49. The number of hydrogen-bond donors (Lipinski definition) is 1. The van der Waals surface area contributed by atoms with Gasteiger partial charge >= 0.3 is 6.03 Å². The molecule has 25 heavy (non-hydrogen) atoms. The van der Waals surface area contributed by atoms with E-state index in [1.807, 2.05) is 25.7 Å². The Morgan fingerprint density at radius 3 is 2.40 bits per heavy atom. The van der Waals surface area contributed by atoms with Crippen molar-refractivity contribution in [2.75, 3.05) is 45.2 Å². The Kier molecular flexibility index (Phi) is 4.18. The molecule has 3 rings (SSSR count). The number of amides is 2. The maximum absolute atomic E-state index is 12.4. The van der Waals surface area contributed by atoms with Crippen LogP contribution in [0, 0.1) is 0 Å². The van der Waals surface area contributed by atoms with Gasteiger partial charge in [-0.3, -0.25) is 9.78 Å². The van der Waals surface area contributed by atoms with Gasteiger partial charge in [-0.15, -0.1) is 0 Å². The lowest BCUT2D eigenvalue weighted by atomic mass is 10.1. The predicted octanol–water partition coefficient (Wildman–Crippen LogP) is 0.678. The molecule has 9 nitrogen and oxygen atoms in total. The average Bonchev–Trinajstić information content (AvgIpc) is 2.99. The number of hydrogen-bond acceptors (Lipinski definition) is 5. The molecule has 2 aromatic rings. The number of urea groups is 1. The van der Waals surface area contributed by atoms with Crippen molar-refractivity contribution in [2.24, 2.45) is 0 Å². The molecule has 1 N–H and O–H groups in total. The van der Waals surface area contributed by atoms with Crippen LogP contribution in [0.3, 0.4) is 0 Å². The third-order valence-corrected chi connectivity index (χ3v) is 4.29. The number of piperazine rings is 1. The van der Waals surface area contributed by atoms with Crippen molar-refractivity contribution in [1.82, 2.24) is 29.5 Å². The molecule has 1 saturated heterocycles. The van der Waals surface area contributed by atoms with Gasteiger partial charge in [0.05, 0.1) is 11.7 Å². The highest BCUT2D eigenvalue weighted by Crippen LogP contribution is 2.20. The minimum absolute atomic E-state index is 0.00219. The lowest BCUT2D eigenvalue weighted by molar-refractivity contribution is 0.167. The fourth-order valence-corrected chi connectivity index (χ4v) is 2.94. The molecular formula is C16H25N7O2. The topological polar surface area (TPSA) is 90.4 Å². The van der Waals surface area contributed by atoms with Gasteiger partial charge in [0.2, 0.25) is 5.95 Å². The van der Waals surface area contributed by atoms with E-state index in [1.165, 1.54) is 0 Å². The molecular weight excluding hydrogens is 322 g/mol. The Balaban J connectivity index is 1.88. The summed E-state index contributed by atoms with van der Waals surface area (Å²) in [6, 6.07) is 0.00219. The molecule has 0 unspecified atom stereocenters. The fourth-order valence-electron chi connectivity index (χ4n) is 2.94. The number of carbonyl (C=O) groups is 1. The van der Waals surface area contributed by atoms with E-state index in [0.29, 0.717) is 43.2 Å². The molecule has 2 amide bonds. The van der Waals surface area contributed by atoms with Crippen LogP contribution in [0.1, 0.15) is 20.8 Å². The Hall–Kier alpha value is -2.58. The third kappa shape index (κ3) is 3.18. The number of aromatic nitrogens is 4. The SMILES string of the molecule is CN(C)C(=O)N1CCN(c2nc3c(cnn3C(C)(C)C)c(=O)[nH]2)CC1. The van der Waals surface area contributed by atoms with Gasteiger partial charge in [-0.2, -0.15) is 10.1 Å². The molecule has 0 spiro atoms. The second-order valence-electron chi connectivity index (χ2n) is 7.51. The maximum Gasteiger partial charge on any atom is 0.319 e. The van der Waals surface area contributed by atoms with Crippen LogP contribution in [0.5, 0.6) is 0 Å². The van der Waals surface area contributed by atoms with E-state index >= 15 is 0 Å². The number of nitrogens with zero attached hydrogens (tertiary/aromatic N) is 6. The van der Waals surface area contributed by atoms with Crippen molar-refractivity contribution in [3.8, 4) is 0 Å². The smallest absolute Gasteiger partial charge is 0.319 e. The molecule has 0 atom stereocenters. The quantitative estimate of drug-likeness (QED) is 0.819. The number of nitrogens with one attached hydrogen (secondary N) is 1. The van der Waals surface area contributed by atoms with Crippen molar-refractivity contribution in [3.05, 3.63) is 16.6 Å². The normalized spacial score (nSPS) is 15.7. The highest BCUT2D eigenvalue weighted by atomic mass is 16.2. The summed E-state index contributed by atoms with van der Waals surface area (Å²) in [5.41, 5.74) is 0.122. The molecule has 0 aromatic carbocycles. The molecule has 1 fully saturated rings. The number of fused-ring (bicyclic) bond motifs is 1. The largest absolute Gasteiger partial charge is 0.339 e. The monoisotopic (exact) mass is 347 g/mol. The molecule has 0 radical (unpaired) electrons. The number of aromatic amines is 1. The maximum atomic E-state index is 12.4. The lowest BCUT2D eigenvalue weighted by Crippen LogP contribution is -2.52. The second-order valence-corrected chi connectivity index (χ2v) is 7.51. The summed E-state index contributed by atoms with van der Waals surface area (Å²) >= 11 is 0. The Labute approximate surface area is 146 Å². The highest BCUT2D eigenvalue weighted by molar-refractivity contribution is 5.75. The van der Waals surface area contributed by atoms with Crippen LogP contribution in [-0.4, -0.2) is 75.9 Å². The van der Waals surface area contributed by atoms with Gasteiger partial charge in [0.25, 0.3) is 5.56 Å². The standard InChI is InChI=1S/C16H25N7O2/c1-16(2,3)23-12-11(10-17-23)13(24)19-14(18-12)21-6-8-22(9-7-21)15(25)20(4)5/h10H,6-9H2,1-5H3,(H,18,19,24). The van der Waals surface area contributed by atoms with Gasteiger partial charge < -0.3 is 14.7 Å². The van der Waals surface area contributed by atoms with E-state index in [1.54, 1.807) is 34.8 Å². The molecule has 1 aliphatic rings. The number of carbonyl (C=O) groups excluding carboxylic acids is 1. The number of H-pyrrole nitrogens is 1. The van der Waals surface area contributed by atoms with Crippen molar-refractivity contribution in [1.29, 1.82) is 0 Å². The van der Waals surface area contributed by atoms with E-state index in [4.69, 9.17) is 0 Å². The lowest BCUT2D eigenvalue weighted by Gasteiger charge is -2.36. The minimum Gasteiger partial charge on any atom is -0.339 e. The summed E-state index contributed by atoms with van der Waals surface area (Å²) < 4.78 is 1.77. The van der Waals surface area contributed by atoms with Crippen LogP contribution in [0.4, 0.5) is 10.7 Å². The first-order valence-corrected chi connectivity index (χ1v) is 8.38. The summed E-state index contributed by atoms with van der Waals surface area (Å²) in [6.45, 7) is 8.50. The molecule has 136 valence electrons. The van der Waals surface area contributed by atoms with E-state index in [0.717, 1.165) is 0 Å². The van der Waals surface area contributed by atoms with E-state index in [-0.39, 0.29) is 17.1 Å². The first-order chi connectivity index (χ1) is 11.7. The second kappa shape index (κ2) is 6.05. The summed E-state index contributed by atoms with van der Waals surface area (Å²) in [5, 5.41) is 4.81. The molecule has 3 heterocycles. The van der Waals surface area contributed by atoms with E-state index in [2.05, 4.69) is 15.1 Å². The highest BCUT2D eigenvalue weighted by Gasteiger charge is 2.25. The molecule has 0 bridgehead atoms. The Morgan fingerprint density at radius 1 is 1.20 bits per heavy atom. The zero-order valence-corrected chi connectivity index (χ0v) is 15.4. The van der Waals surface area contributed by atoms with Gasteiger partial charge in [-0.1, -0.05) is 0 Å². The van der Waals surface area contributed by atoms with Crippen molar-refractivity contribution in [3.63, 3.8) is 0 Å². The zero-order valence-electron chi connectivity index (χ0n) is 15.4. The van der Waals surface area contributed by atoms with Crippen molar-refractivity contribution in [2.45, 2.75) is 26.3 Å². The van der Waals surface area contributed by atoms with Gasteiger partial charge in [0, 0.05) is 40.3 Å². The van der Waals surface area contributed by atoms with Crippen LogP contribution in [0.15, 0.2) is 11.0 Å². The van der Waals surface area contributed by atoms with Crippen LogP contribution >= 0.6 is 0 Å². The number of anilines is 1. The fraction of sp³-hybridized carbons (Fsp3) is 0.625. The summed E-state index contributed by atoms with van der Waals surface area (Å²) in [5.74, 6) is 0.528. The minimum atomic E-state index is -0.267. The third-order valence-electron chi connectivity index (χ3n) is 4.29. The van der Waals surface area contributed by atoms with Gasteiger partial charge in [0.1, 0.15) is 5.39 Å². The molecule has 9 heteroatoms. The van der Waals surface area contributed by atoms with E-state index in [9.17, 15) is 9.59 Å². The zero-order chi connectivity index (χ0) is 18.4. The van der Waals surface area contributed by atoms with Gasteiger partial charge in [-0.25, -0.2) is 9.48 Å². The van der Waals surface area contributed by atoms with Crippen LogP contribution in [0.25, 0.3) is 11.0 Å². The molecule has 0 aliphatic carbocycles. The predicted molar refractivity (Wildman–Crippen MR) is 96.0 cm³/mol. The van der Waals surface area contributed by atoms with Crippen LogP contribution < -0.4 is 10.5 Å². The van der Waals surface area contributed by atoms with Crippen molar-refractivity contribution >= 4 is 23.0 Å². The van der Waals surface area contributed by atoms with Gasteiger partial charge in [0.15, 0.2) is 5.65 Å². The Morgan fingerprint density at radius 2 is 1.84 bits per heavy atom.